The maximum absolute atomic E-state index is 12.5. The molecule has 1 saturated heterocycles. The van der Waals surface area contributed by atoms with E-state index in [0.717, 1.165) is 6.42 Å². The monoisotopic (exact) mass is 324 g/mol. The maximum Gasteiger partial charge on any atom is 0.243 e. The van der Waals surface area contributed by atoms with Gasteiger partial charge in [-0.15, -0.1) is 0 Å². The summed E-state index contributed by atoms with van der Waals surface area (Å²) in [4.78, 5) is 12.4. The van der Waals surface area contributed by atoms with Crippen LogP contribution in [0.2, 0.25) is 0 Å². The van der Waals surface area contributed by atoms with Gasteiger partial charge in [0.15, 0.2) is 0 Å². The number of carbonyl (C=O) groups excluding carboxylic acids is 1. The zero-order valence-corrected chi connectivity index (χ0v) is 14.0. The van der Waals surface area contributed by atoms with E-state index in [1.807, 2.05) is 13.8 Å². The fraction of sp³-hybridized carbons (Fsp3) is 0.562. The third-order valence-electron chi connectivity index (χ3n) is 4.21. The first-order chi connectivity index (χ1) is 10.4. The summed E-state index contributed by atoms with van der Waals surface area (Å²) in [7, 11) is -3.44. The standard InChI is InChI=1S/C16H24N2O3S/c1-3-13(2)17-16(19)14-9-11-18(12-10-14)22(20,21)15-7-5-4-6-8-15/h4-8,13-14H,3,9-12H2,1-2H3,(H,17,19)/t13-/m1/s1. The molecule has 1 heterocycles. The van der Waals surface area contributed by atoms with E-state index in [1.54, 1.807) is 30.3 Å². The van der Waals surface area contributed by atoms with Crippen molar-refractivity contribution >= 4 is 15.9 Å². The highest BCUT2D eigenvalue weighted by atomic mass is 32.2. The van der Waals surface area contributed by atoms with Crippen molar-refractivity contribution in [1.82, 2.24) is 9.62 Å². The van der Waals surface area contributed by atoms with Gasteiger partial charge in [-0.3, -0.25) is 4.79 Å². The van der Waals surface area contributed by atoms with Gasteiger partial charge in [0.1, 0.15) is 0 Å². The summed E-state index contributed by atoms with van der Waals surface area (Å²) >= 11 is 0. The summed E-state index contributed by atoms with van der Waals surface area (Å²) in [5.74, 6) is -0.0395. The largest absolute Gasteiger partial charge is 0.353 e. The van der Waals surface area contributed by atoms with Crippen molar-refractivity contribution in [2.45, 2.75) is 44.0 Å². The Kier molecular flexibility index (Phi) is 5.58. The van der Waals surface area contributed by atoms with Crippen LogP contribution in [0.4, 0.5) is 0 Å². The van der Waals surface area contributed by atoms with E-state index in [1.165, 1.54) is 4.31 Å². The van der Waals surface area contributed by atoms with Crippen molar-refractivity contribution in [3.8, 4) is 0 Å². The lowest BCUT2D eigenvalue weighted by molar-refractivity contribution is -0.126. The summed E-state index contributed by atoms with van der Waals surface area (Å²) in [6.07, 6.45) is 2.05. The molecule has 1 atom stereocenters. The second kappa shape index (κ2) is 7.24. The second-order valence-corrected chi connectivity index (χ2v) is 7.75. The number of nitrogens with one attached hydrogen (secondary N) is 1. The SMILES string of the molecule is CC[C@@H](C)NC(=O)C1CCN(S(=O)(=O)c2ccccc2)CC1. The molecule has 122 valence electrons. The van der Waals surface area contributed by atoms with Crippen LogP contribution in [0.15, 0.2) is 35.2 Å². The number of amides is 1. The Balaban J connectivity index is 1.96. The Bertz CT molecular complexity index is 593. The molecular weight excluding hydrogens is 300 g/mol. The Morgan fingerprint density at radius 3 is 2.41 bits per heavy atom. The molecule has 0 radical (unpaired) electrons. The highest BCUT2D eigenvalue weighted by molar-refractivity contribution is 7.89. The van der Waals surface area contributed by atoms with Crippen LogP contribution in [0, 0.1) is 5.92 Å². The molecule has 0 bridgehead atoms. The van der Waals surface area contributed by atoms with Gasteiger partial charge in [-0.25, -0.2) is 8.42 Å². The van der Waals surface area contributed by atoms with Crippen LogP contribution in [0.1, 0.15) is 33.1 Å². The molecule has 1 N–H and O–H groups in total. The van der Waals surface area contributed by atoms with Gasteiger partial charge < -0.3 is 5.32 Å². The van der Waals surface area contributed by atoms with E-state index >= 15 is 0 Å². The molecule has 6 heteroatoms. The first kappa shape index (κ1) is 17.0. The first-order valence-electron chi connectivity index (χ1n) is 7.80. The molecule has 22 heavy (non-hydrogen) atoms. The zero-order chi connectivity index (χ0) is 16.2. The van der Waals surface area contributed by atoms with Crippen molar-refractivity contribution in [3.05, 3.63) is 30.3 Å². The van der Waals surface area contributed by atoms with Crippen molar-refractivity contribution < 1.29 is 13.2 Å². The lowest BCUT2D eigenvalue weighted by Crippen LogP contribution is -2.44. The average Bonchev–Trinajstić information content (AvgIpc) is 2.55. The zero-order valence-electron chi connectivity index (χ0n) is 13.2. The molecule has 0 spiro atoms. The molecule has 1 aromatic rings. The van der Waals surface area contributed by atoms with Crippen molar-refractivity contribution in [2.75, 3.05) is 13.1 Å². The smallest absolute Gasteiger partial charge is 0.243 e. The number of carbonyl (C=O) groups is 1. The summed E-state index contributed by atoms with van der Waals surface area (Å²) in [6, 6.07) is 8.62. The number of sulfonamides is 1. The molecule has 1 aliphatic heterocycles. The topological polar surface area (TPSA) is 66.5 Å². The molecule has 0 aliphatic carbocycles. The number of nitrogens with zero attached hydrogens (tertiary/aromatic N) is 1. The summed E-state index contributed by atoms with van der Waals surface area (Å²) < 4.78 is 26.5. The summed E-state index contributed by atoms with van der Waals surface area (Å²) in [5.41, 5.74) is 0. The minimum Gasteiger partial charge on any atom is -0.353 e. The highest BCUT2D eigenvalue weighted by Gasteiger charge is 2.32. The predicted molar refractivity (Wildman–Crippen MR) is 85.8 cm³/mol. The van der Waals surface area contributed by atoms with Gasteiger partial charge >= 0.3 is 0 Å². The third-order valence-corrected chi connectivity index (χ3v) is 6.12. The molecule has 0 saturated carbocycles. The maximum atomic E-state index is 12.5. The Labute approximate surface area is 132 Å². The van der Waals surface area contributed by atoms with Crippen LogP contribution >= 0.6 is 0 Å². The van der Waals surface area contributed by atoms with Crippen LogP contribution in [0.3, 0.4) is 0 Å². The minimum absolute atomic E-state index is 0.0473. The van der Waals surface area contributed by atoms with Gasteiger partial charge in [-0.1, -0.05) is 25.1 Å². The summed E-state index contributed by atoms with van der Waals surface area (Å²) in [6.45, 7) is 4.80. The van der Waals surface area contributed by atoms with Gasteiger partial charge in [0.25, 0.3) is 0 Å². The molecule has 1 aromatic carbocycles. The number of rotatable bonds is 5. The Hall–Kier alpha value is -1.40. The number of hydrogen-bond donors (Lipinski definition) is 1. The minimum atomic E-state index is -3.44. The molecule has 1 aliphatic rings. The van der Waals surface area contributed by atoms with Crippen LogP contribution in [0.25, 0.3) is 0 Å². The predicted octanol–water partition coefficient (Wildman–Crippen LogP) is 2.00. The van der Waals surface area contributed by atoms with E-state index in [9.17, 15) is 13.2 Å². The lowest BCUT2D eigenvalue weighted by atomic mass is 9.97. The van der Waals surface area contributed by atoms with E-state index in [2.05, 4.69) is 5.32 Å². The van der Waals surface area contributed by atoms with Gasteiger partial charge in [0.2, 0.25) is 15.9 Å². The van der Waals surface area contributed by atoms with Crippen molar-refractivity contribution in [3.63, 3.8) is 0 Å². The van der Waals surface area contributed by atoms with Crippen LogP contribution in [0.5, 0.6) is 0 Å². The van der Waals surface area contributed by atoms with E-state index in [-0.39, 0.29) is 17.9 Å². The molecule has 1 fully saturated rings. The van der Waals surface area contributed by atoms with Gasteiger partial charge in [0.05, 0.1) is 4.90 Å². The van der Waals surface area contributed by atoms with Crippen molar-refractivity contribution in [2.24, 2.45) is 5.92 Å². The van der Waals surface area contributed by atoms with Crippen LogP contribution < -0.4 is 5.32 Å². The molecular formula is C16H24N2O3S. The third kappa shape index (κ3) is 3.87. The second-order valence-electron chi connectivity index (χ2n) is 5.81. The fourth-order valence-electron chi connectivity index (χ4n) is 2.56. The number of piperidine rings is 1. The molecule has 2 rings (SSSR count). The lowest BCUT2D eigenvalue weighted by Gasteiger charge is -2.31. The van der Waals surface area contributed by atoms with E-state index < -0.39 is 10.0 Å². The molecule has 0 aromatic heterocycles. The Morgan fingerprint density at radius 2 is 1.86 bits per heavy atom. The Morgan fingerprint density at radius 1 is 1.27 bits per heavy atom. The normalized spacial score (nSPS) is 18.8. The first-order valence-corrected chi connectivity index (χ1v) is 9.24. The van der Waals surface area contributed by atoms with Gasteiger partial charge in [-0.05, 0) is 38.3 Å². The number of benzene rings is 1. The molecule has 5 nitrogen and oxygen atoms in total. The fourth-order valence-corrected chi connectivity index (χ4v) is 4.05. The van der Waals surface area contributed by atoms with E-state index in [0.29, 0.717) is 30.8 Å². The van der Waals surface area contributed by atoms with Gasteiger partial charge in [0, 0.05) is 25.0 Å². The summed E-state index contributed by atoms with van der Waals surface area (Å²) in [5, 5.41) is 2.98. The number of hydrogen-bond acceptors (Lipinski definition) is 3. The van der Waals surface area contributed by atoms with E-state index in [4.69, 9.17) is 0 Å². The van der Waals surface area contributed by atoms with Crippen LogP contribution in [-0.4, -0.2) is 37.8 Å². The van der Waals surface area contributed by atoms with Gasteiger partial charge in [-0.2, -0.15) is 4.31 Å². The average molecular weight is 324 g/mol. The molecule has 1 amide bonds. The molecule has 0 unspecified atom stereocenters. The quantitative estimate of drug-likeness (QED) is 0.901. The van der Waals surface area contributed by atoms with Crippen molar-refractivity contribution in [1.29, 1.82) is 0 Å². The van der Waals surface area contributed by atoms with Crippen LogP contribution in [-0.2, 0) is 14.8 Å². The highest BCUT2D eigenvalue weighted by Crippen LogP contribution is 2.23.